The van der Waals surface area contributed by atoms with Crippen molar-refractivity contribution in [1.82, 2.24) is 19.9 Å². The van der Waals surface area contributed by atoms with Crippen LogP contribution in [0.1, 0.15) is 102 Å². The Bertz CT molecular complexity index is 2380. The highest BCUT2D eigenvalue weighted by atomic mass is 32.2. The average molecular weight is 861 g/mol. The van der Waals surface area contributed by atoms with Gasteiger partial charge in [0.25, 0.3) is 0 Å². The zero-order valence-electron chi connectivity index (χ0n) is 35.7. The first-order valence-corrected chi connectivity index (χ1v) is 21.5. The number of ether oxygens (including phenoxy) is 4. The maximum atomic E-state index is 14.1. The molecular formula is C45H56N4O11S. The fraction of sp³-hybridized carbons (Fsp3) is 0.489. The fourth-order valence-corrected chi connectivity index (χ4v) is 9.14. The highest BCUT2D eigenvalue weighted by Crippen LogP contribution is 2.44. The van der Waals surface area contributed by atoms with Crippen LogP contribution >= 0.6 is 11.8 Å². The molecule has 0 radical (unpaired) electrons. The van der Waals surface area contributed by atoms with E-state index in [2.05, 4.69) is 36.5 Å². The van der Waals surface area contributed by atoms with E-state index in [9.17, 15) is 34.8 Å². The van der Waals surface area contributed by atoms with Crippen molar-refractivity contribution in [2.75, 3.05) is 33.2 Å². The average Bonchev–Trinajstić information content (AvgIpc) is 3.93. The van der Waals surface area contributed by atoms with Crippen molar-refractivity contribution in [3.8, 4) is 0 Å². The molecule has 6 rings (SSSR count). The molecule has 0 aromatic carbocycles. The van der Waals surface area contributed by atoms with Crippen LogP contribution in [0.2, 0.25) is 0 Å². The van der Waals surface area contributed by atoms with E-state index in [0.717, 1.165) is 62.5 Å². The minimum atomic E-state index is -1.57. The minimum Gasteiger partial charge on any atom is -0.469 e. The number of carbonyl (C=O) groups is 3. The minimum absolute atomic E-state index is 0.0354. The summed E-state index contributed by atoms with van der Waals surface area (Å²) < 4.78 is 21.4. The molecule has 1 saturated heterocycles. The van der Waals surface area contributed by atoms with Crippen LogP contribution in [0.4, 0.5) is 0 Å². The van der Waals surface area contributed by atoms with Crippen LogP contribution in [0.5, 0.6) is 0 Å². The summed E-state index contributed by atoms with van der Waals surface area (Å²) in [6, 6.07) is 5.98. The molecule has 6 N–H and O–H groups in total. The number of aromatic amines is 2. The summed E-state index contributed by atoms with van der Waals surface area (Å²) >= 11 is 1.04. The van der Waals surface area contributed by atoms with Gasteiger partial charge in [0.15, 0.2) is 11.4 Å². The number of H-pyrrole nitrogens is 2. The van der Waals surface area contributed by atoms with Crippen LogP contribution < -0.4 is 0 Å². The third-order valence-electron chi connectivity index (χ3n) is 12.0. The highest BCUT2D eigenvalue weighted by molar-refractivity contribution is 8.13. The van der Waals surface area contributed by atoms with Crippen LogP contribution in [0.3, 0.4) is 0 Å². The summed E-state index contributed by atoms with van der Waals surface area (Å²) in [4.78, 5) is 58.0. The van der Waals surface area contributed by atoms with E-state index in [1.165, 1.54) is 14.2 Å². The number of fused-ring (bicyclic) bond motifs is 8. The lowest BCUT2D eigenvalue weighted by Gasteiger charge is -2.39. The van der Waals surface area contributed by atoms with Crippen molar-refractivity contribution in [3.05, 3.63) is 75.4 Å². The number of nitrogens with one attached hydrogen (secondary N) is 2. The molecular weight excluding hydrogens is 805 g/mol. The van der Waals surface area contributed by atoms with Gasteiger partial charge < -0.3 is 49.3 Å². The van der Waals surface area contributed by atoms with Crippen molar-refractivity contribution in [2.24, 2.45) is 0 Å². The number of aryl methyl sites for hydroxylation is 3. The number of hydrogen-bond donors (Lipinski definition) is 6. The summed E-state index contributed by atoms with van der Waals surface area (Å²) in [6.45, 7) is 13.6. The van der Waals surface area contributed by atoms with E-state index in [1.54, 1.807) is 6.92 Å². The second kappa shape index (κ2) is 19.6. The van der Waals surface area contributed by atoms with Crippen molar-refractivity contribution >= 4 is 68.1 Å². The van der Waals surface area contributed by atoms with Crippen LogP contribution in [0, 0.1) is 13.8 Å². The van der Waals surface area contributed by atoms with Crippen molar-refractivity contribution in [1.29, 1.82) is 0 Å². The predicted molar refractivity (Wildman–Crippen MR) is 232 cm³/mol. The standard InChI is InChI=1S/C45H56N4O11S/c1-9-25-21(3)29-17-31-23(5)27(12-13-36(51)57-7)39(48-31)28(16-37(52)61-15-11-14-59-45-43(55)42(54)41(53)35(20-50)60-45)40-38(44(56)58-8)24(6)32(49-40)19-34-26(10-2)22(4)30(47-34)18-33(25)46-29/h9,17-19,23,27,35,41-43,45-47,50,53-55H,1,10-16,20H2,2-8H3/t23-,27-,35+,41+,42-,43+,45+/m0/s1. The van der Waals surface area contributed by atoms with Gasteiger partial charge in [-0.05, 0) is 80.5 Å². The summed E-state index contributed by atoms with van der Waals surface area (Å²) in [5.74, 6) is -1.30. The summed E-state index contributed by atoms with van der Waals surface area (Å²) in [5.41, 5.74) is 10.8. The van der Waals surface area contributed by atoms with Crippen LogP contribution in [-0.2, 0) is 46.2 Å². The van der Waals surface area contributed by atoms with Crippen molar-refractivity contribution in [2.45, 2.75) is 109 Å². The number of methoxy groups -OCH3 is 2. The van der Waals surface area contributed by atoms with Gasteiger partial charge in [-0.1, -0.05) is 38.3 Å². The lowest BCUT2D eigenvalue weighted by Crippen LogP contribution is -2.59. The third kappa shape index (κ3) is 9.26. The summed E-state index contributed by atoms with van der Waals surface area (Å²) in [5, 5.41) is 39.9. The van der Waals surface area contributed by atoms with E-state index in [-0.39, 0.29) is 53.6 Å². The molecule has 8 bridgehead atoms. The topological polar surface area (TPSA) is 226 Å². The Kier molecular flexibility index (Phi) is 14.7. The molecule has 3 aromatic rings. The van der Waals surface area contributed by atoms with Gasteiger partial charge in [0.2, 0.25) is 0 Å². The van der Waals surface area contributed by atoms with Gasteiger partial charge in [0.1, 0.15) is 24.4 Å². The molecule has 3 aliphatic heterocycles. The number of aromatic nitrogens is 4. The zero-order valence-corrected chi connectivity index (χ0v) is 36.5. The van der Waals surface area contributed by atoms with E-state index in [0.29, 0.717) is 46.8 Å². The van der Waals surface area contributed by atoms with Gasteiger partial charge in [-0.15, -0.1) is 0 Å². The Labute approximate surface area is 358 Å². The molecule has 61 heavy (non-hydrogen) atoms. The number of nitrogens with zero attached hydrogens (tertiary/aromatic N) is 2. The molecule has 1 fully saturated rings. The molecule has 7 atom stereocenters. The quantitative estimate of drug-likeness (QED) is 0.0918. The van der Waals surface area contributed by atoms with Gasteiger partial charge in [-0.3, -0.25) is 14.6 Å². The van der Waals surface area contributed by atoms with E-state index in [4.69, 9.17) is 28.9 Å². The Hall–Kier alpha value is -4.68. The molecule has 328 valence electrons. The van der Waals surface area contributed by atoms with Gasteiger partial charge >= 0.3 is 11.9 Å². The summed E-state index contributed by atoms with van der Waals surface area (Å²) in [7, 11) is 2.64. The first-order valence-electron chi connectivity index (χ1n) is 20.5. The van der Waals surface area contributed by atoms with Crippen molar-refractivity contribution in [3.63, 3.8) is 0 Å². The lowest BCUT2D eigenvalue weighted by atomic mass is 9.84. The number of allylic oxidation sites excluding steroid dienone is 1. The number of aliphatic hydroxyl groups excluding tert-OH is 4. The molecule has 15 nitrogen and oxygen atoms in total. The smallest absolute Gasteiger partial charge is 0.340 e. The molecule has 6 heterocycles. The van der Waals surface area contributed by atoms with E-state index in [1.807, 2.05) is 32.1 Å². The number of hydrogen-bond acceptors (Lipinski definition) is 14. The number of rotatable bonds is 14. The normalized spacial score (nSPS) is 22.6. The molecule has 0 amide bonds. The summed E-state index contributed by atoms with van der Waals surface area (Å²) in [6.07, 6.45) is -3.85. The number of thioether (sulfide) groups is 1. The first kappa shape index (κ1) is 45.8. The van der Waals surface area contributed by atoms with Gasteiger partial charge in [0.05, 0.1) is 50.1 Å². The monoisotopic (exact) mass is 860 g/mol. The second-order valence-electron chi connectivity index (χ2n) is 15.6. The molecule has 0 spiro atoms. The maximum Gasteiger partial charge on any atom is 0.340 e. The Balaban J connectivity index is 1.49. The van der Waals surface area contributed by atoms with Crippen LogP contribution in [-0.4, -0.2) is 121 Å². The molecule has 0 aliphatic carbocycles. The van der Waals surface area contributed by atoms with Crippen LogP contribution in [0.25, 0.3) is 39.3 Å². The largest absolute Gasteiger partial charge is 0.469 e. The molecule has 3 aromatic heterocycles. The highest BCUT2D eigenvalue weighted by Gasteiger charge is 2.44. The number of aliphatic hydroxyl groups is 4. The molecule has 16 heteroatoms. The van der Waals surface area contributed by atoms with Gasteiger partial charge in [0, 0.05) is 69.3 Å². The Morgan fingerprint density at radius 1 is 0.934 bits per heavy atom. The molecule has 3 aliphatic rings. The van der Waals surface area contributed by atoms with Gasteiger partial charge in [-0.2, -0.15) is 0 Å². The zero-order chi connectivity index (χ0) is 44.3. The van der Waals surface area contributed by atoms with E-state index < -0.39 is 43.3 Å². The van der Waals surface area contributed by atoms with Gasteiger partial charge in [-0.25, -0.2) is 9.78 Å². The fourth-order valence-electron chi connectivity index (χ4n) is 8.41. The molecule has 0 unspecified atom stereocenters. The van der Waals surface area contributed by atoms with Crippen LogP contribution in [0.15, 0.2) is 24.8 Å². The van der Waals surface area contributed by atoms with E-state index >= 15 is 0 Å². The third-order valence-corrected chi connectivity index (χ3v) is 13.0. The second-order valence-corrected chi connectivity index (χ2v) is 16.8. The number of carbonyl (C=O) groups excluding carboxylic acids is 3. The number of esters is 2. The SMILES string of the molecule is C=Cc1c(C)c2cc3nc(c(CC(=O)SCCCO[C@@H]4O[C@H](CO)[C@@H](O)[C@H](O)[C@H]4O)c4nc(cc5[nH]c(cc1[nH]2)c(C)c5CC)C(C)=C4C(=O)OC)[C@@H](CCC(=O)OC)[C@@H]3C. The molecule has 0 saturated carbocycles. The first-order chi connectivity index (χ1) is 29.2. The lowest BCUT2D eigenvalue weighted by molar-refractivity contribution is -0.300. The Morgan fingerprint density at radius 2 is 1.66 bits per heavy atom. The predicted octanol–water partition coefficient (Wildman–Crippen LogP) is 5.09. The maximum absolute atomic E-state index is 14.1. The Morgan fingerprint density at radius 3 is 2.33 bits per heavy atom. The van der Waals surface area contributed by atoms with Crippen molar-refractivity contribution < 1.29 is 53.8 Å².